The predicted molar refractivity (Wildman–Crippen MR) is 153 cm³/mol. The van der Waals surface area contributed by atoms with Gasteiger partial charge in [-0.15, -0.1) is 0 Å². The Labute approximate surface area is 215 Å². The van der Waals surface area contributed by atoms with Crippen molar-refractivity contribution in [3.05, 3.63) is 126 Å². The van der Waals surface area contributed by atoms with Gasteiger partial charge >= 0.3 is 0 Å². The van der Waals surface area contributed by atoms with Crippen molar-refractivity contribution in [2.75, 3.05) is 6.61 Å². The van der Waals surface area contributed by atoms with Crippen molar-refractivity contribution >= 4 is 29.0 Å². The van der Waals surface area contributed by atoms with Crippen LogP contribution in [0.3, 0.4) is 0 Å². The maximum atomic E-state index is 12.3. The standard InChI is InChI=1S/C33H34O2P/c34-31-22-14-13-15-27(31)25-26-35-32-23-11-4-12-24-33(32)36(28-16-5-1-6-17-28,29-18-7-2-8-19-29)30-20-9-3-10-21-30/h1-3,5-10,13-22,27H,4,11-12,23-26H2/q+1. The molecule has 3 heteroatoms. The molecule has 2 nitrogen and oxygen atoms in total. The molecule has 0 aliphatic heterocycles. The number of carbonyl (C=O) groups is 1. The summed E-state index contributed by atoms with van der Waals surface area (Å²) in [4.78, 5) is 12.3. The van der Waals surface area contributed by atoms with Crippen molar-refractivity contribution in [3.8, 4) is 0 Å². The number of benzene rings is 3. The summed E-state index contributed by atoms with van der Waals surface area (Å²) in [6.07, 6.45) is 13.7. The second-order valence-electron chi connectivity index (χ2n) is 9.50. The van der Waals surface area contributed by atoms with E-state index in [-0.39, 0.29) is 11.7 Å². The molecule has 0 fully saturated rings. The molecule has 0 amide bonds. The first-order valence-corrected chi connectivity index (χ1v) is 14.9. The molecular formula is C33H34O2P+. The highest BCUT2D eigenvalue weighted by molar-refractivity contribution is 7.99. The summed E-state index contributed by atoms with van der Waals surface area (Å²) in [5, 5.41) is 5.58. The Balaban J connectivity index is 1.65. The second kappa shape index (κ2) is 11.7. The third-order valence-corrected chi connectivity index (χ3v) is 11.8. The van der Waals surface area contributed by atoms with E-state index in [1.807, 2.05) is 18.2 Å². The molecule has 2 aliphatic rings. The van der Waals surface area contributed by atoms with Crippen LogP contribution in [0.1, 0.15) is 38.5 Å². The van der Waals surface area contributed by atoms with Gasteiger partial charge in [-0.1, -0.05) is 79.2 Å². The number of hydrogen-bond donors (Lipinski definition) is 0. The highest BCUT2D eigenvalue weighted by atomic mass is 31.2. The average molecular weight is 494 g/mol. The largest absolute Gasteiger partial charge is 0.494 e. The van der Waals surface area contributed by atoms with Crippen LogP contribution in [0.25, 0.3) is 0 Å². The highest BCUT2D eigenvalue weighted by Crippen LogP contribution is 2.65. The van der Waals surface area contributed by atoms with E-state index in [4.69, 9.17) is 4.74 Å². The number of rotatable bonds is 8. The lowest BCUT2D eigenvalue weighted by atomic mass is 9.96. The van der Waals surface area contributed by atoms with E-state index in [2.05, 4.69) is 91.0 Å². The first kappa shape index (κ1) is 24.5. The molecule has 0 saturated carbocycles. The summed E-state index contributed by atoms with van der Waals surface area (Å²) < 4.78 is 6.69. The van der Waals surface area contributed by atoms with E-state index >= 15 is 0 Å². The van der Waals surface area contributed by atoms with E-state index < -0.39 is 7.26 Å². The van der Waals surface area contributed by atoms with Crippen molar-refractivity contribution in [1.29, 1.82) is 0 Å². The fourth-order valence-electron chi connectivity index (χ4n) is 5.53. The Hall–Kier alpha value is -3.22. The molecule has 0 saturated heterocycles. The monoisotopic (exact) mass is 493 g/mol. The van der Waals surface area contributed by atoms with Crippen molar-refractivity contribution in [3.63, 3.8) is 0 Å². The number of allylic oxidation sites excluding steroid dienone is 6. The minimum atomic E-state index is -2.13. The fourth-order valence-corrected chi connectivity index (χ4v) is 10.3. The fraction of sp³-hybridized carbons (Fsp3) is 0.242. The second-order valence-corrected chi connectivity index (χ2v) is 12.9. The van der Waals surface area contributed by atoms with Gasteiger partial charge in [-0.25, -0.2) is 0 Å². The van der Waals surface area contributed by atoms with Gasteiger partial charge in [0.2, 0.25) is 0 Å². The molecule has 0 heterocycles. The van der Waals surface area contributed by atoms with E-state index in [9.17, 15) is 4.79 Å². The zero-order chi connectivity index (χ0) is 24.6. The molecule has 0 N–H and O–H groups in total. The van der Waals surface area contributed by atoms with Crippen molar-refractivity contribution in [2.45, 2.75) is 38.5 Å². The maximum absolute atomic E-state index is 12.3. The highest BCUT2D eigenvalue weighted by Gasteiger charge is 2.51. The molecule has 0 radical (unpaired) electrons. The molecule has 3 aromatic rings. The zero-order valence-corrected chi connectivity index (χ0v) is 21.7. The van der Waals surface area contributed by atoms with Crippen molar-refractivity contribution < 1.29 is 9.53 Å². The molecule has 0 spiro atoms. The molecular weight excluding hydrogens is 459 g/mol. The summed E-state index contributed by atoms with van der Waals surface area (Å²) in [5.41, 5.74) is 0. The average Bonchev–Trinajstić information content (AvgIpc) is 3.18. The maximum Gasteiger partial charge on any atom is 0.162 e. The normalized spacial score (nSPS) is 18.2. The van der Waals surface area contributed by atoms with Gasteiger partial charge in [-0.05, 0) is 61.7 Å². The van der Waals surface area contributed by atoms with Gasteiger partial charge in [0, 0.05) is 18.8 Å². The third kappa shape index (κ3) is 5.01. The van der Waals surface area contributed by atoms with Crippen LogP contribution < -0.4 is 15.9 Å². The molecule has 0 aromatic heterocycles. The van der Waals surface area contributed by atoms with Crippen LogP contribution >= 0.6 is 7.26 Å². The van der Waals surface area contributed by atoms with Crippen LogP contribution in [0.5, 0.6) is 0 Å². The predicted octanol–water partition coefficient (Wildman–Crippen LogP) is 6.87. The topological polar surface area (TPSA) is 26.3 Å². The summed E-state index contributed by atoms with van der Waals surface area (Å²) >= 11 is 0. The van der Waals surface area contributed by atoms with E-state index in [0.29, 0.717) is 13.0 Å². The zero-order valence-electron chi connectivity index (χ0n) is 20.8. The quantitative estimate of drug-likeness (QED) is 0.320. The lowest BCUT2D eigenvalue weighted by Crippen LogP contribution is -2.33. The molecule has 5 rings (SSSR count). The van der Waals surface area contributed by atoms with Gasteiger partial charge in [-0.3, -0.25) is 4.79 Å². The number of carbonyl (C=O) groups excluding carboxylic acids is 1. The third-order valence-electron chi connectivity index (χ3n) is 7.26. The molecule has 36 heavy (non-hydrogen) atoms. The van der Waals surface area contributed by atoms with Crippen LogP contribution in [0.2, 0.25) is 0 Å². The van der Waals surface area contributed by atoms with Crippen LogP contribution in [-0.4, -0.2) is 12.4 Å². The Morgan fingerprint density at radius 2 is 1.25 bits per heavy atom. The minimum absolute atomic E-state index is 0.0817. The van der Waals surface area contributed by atoms with Crippen LogP contribution in [0.15, 0.2) is 126 Å². The lowest BCUT2D eigenvalue weighted by molar-refractivity contribution is -0.117. The van der Waals surface area contributed by atoms with Gasteiger partial charge in [0.1, 0.15) is 34.2 Å². The summed E-state index contributed by atoms with van der Waals surface area (Å²) in [7, 11) is -2.13. The summed E-state index contributed by atoms with van der Waals surface area (Å²) in [6, 6.07) is 33.2. The Kier molecular flexibility index (Phi) is 7.94. The van der Waals surface area contributed by atoms with Gasteiger partial charge in [0.05, 0.1) is 6.61 Å². The molecule has 0 bridgehead atoms. The first-order valence-electron chi connectivity index (χ1n) is 13.1. The van der Waals surface area contributed by atoms with Crippen LogP contribution in [0, 0.1) is 5.92 Å². The first-order chi connectivity index (χ1) is 17.8. The van der Waals surface area contributed by atoms with Crippen LogP contribution in [-0.2, 0) is 9.53 Å². The van der Waals surface area contributed by atoms with Crippen LogP contribution in [0.4, 0.5) is 0 Å². The SMILES string of the molecule is O=C1C=CC=CC1CCOC1=C([P+](c2ccccc2)(c2ccccc2)c2ccccc2)CCCCC1. The number of ether oxygens (including phenoxy) is 1. The number of hydrogen-bond acceptors (Lipinski definition) is 2. The Morgan fingerprint density at radius 1 is 0.694 bits per heavy atom. The summed E-state index contributed by atoms with van der Waals surface area (Å²) in [6.45, 7) is 0.561. The molecule has 3 aromatic carbocycles. The Morgan fingerprint density at radius 3 is 1.81 bits per heavy atom. The smallest absolute Gasteiger partial charge is 0.162 e. The van der Waals surface area contributed by atoms with Gasteiger partial charge in [0.15, 0.2) is 5.78 Å². The molecule has 182 valence electrons. The van der Waals surface area contributed by atoms with Crippen molar-refractivity contribution in [2.24, 2.45) is 5.92 Å². The van der Waals surface area contributed by atoms with E-state index in [1.165, 1.54) is 34.1 Å². The summed E-state index contributed by atoms with van der Waals surface area (Å²) in [5.74, 6) is 1.25. The minimum Gasteiger partial charge on any atom is -0.494 e. The molecule has 1 unspecified atom stereocenters. The molecule has 1 atom stereocenters. The number of ketones is 1. The van der Waals surface area contributed by atoms with Gasteiger partial charge in [-0.2, -0.15) is 0 Å². The lowest BCUT2D eigenvalue weighted by Gasteiger charge is -2.31. The van der Waals surface area contributed by atoms with E-state index in [0.717, 1.165) is 25.0 Å². The van der Waals surface area contributed by atoms with Gasteiger partial charge < -0.3 is 4.74 Å². The van der Waals surface area contributed by atoms with Crippen molar-refractivity contribution in [1.82, 2.24) is 0 Å². The Bertz CT molecular complexity index is 1150. The molecule has 2 aliphatic carbocycles. The van der Waals surface area contributed by atoms with E-state index in [1.54, 1.807) is 6.08 Å². The van der Waals surface area contributed by atoms with Gasteiger partial charge in [0.25, 0.3) is 0 Å².